The first kappa shape index (κ1) is 30.3. The lowest BCUT2D eigenvalue weighted by Gasteiger charge is -2.35. The van der Waals surface area contributed by atoms with Crippen molar-refractivity contribution in [3.05, 3.63) is 75.2 Å². The number of aromatic nitrogens is 1. The van der Waals surface area contributed by atoms with Crippen LogP contribution >= 0.6 is 0 Å². The highest BCUT2D eigenvalue weighted by atomic mass is 17.2. The number of ether oxygens (including phenoxy) is 1. The monoisotopic (exact) mass is 566 g/mol. The molecule has 4 rings (SSSR count). The first-order chi connectivity index (χ1) is 19.8. The quantitative estimate of drug-likeness (QED) is 0.0892. The summed E-state index contributed by atoms with van der Waals surface area (Å²) in [7, 11) is 1.41. The molecule has 0 radical (unpaired) electrons. The lowest BCUT2D eigenvalue weighted by Crippen LogP contribution is -2.42. The van der Waals surface area contributed by atoms with Gasteiger partial charge in [0.25, 0.3) is 5.69 Å². The van der Waals surface area contributed by atoms with Gasteiger partial charge in [0, 0.05) is 54.5 Å². The molecule has 0 saturated carbocycles. The average molecular weight is 567 g/mol. The maximum atomic E-state index is 13.7. The largest absolute Gasteiger partial charge is 0.458 e. The highest BCUT2D eigenvalue weighted by Crippen LogP contribution is 2.41. The molecular weight excluding hydrogens is 528 g/mol. The van der Waals surface area contributed by atoms with E-state index in [1.165, 1.54) is 19.2 Å². The van der Waals surface area contributed by atoms with E-state index in [1.54, 1.807) is 31.3 Å². The third-order valence-corrected chi connectivity index (χ3v) is 7.77. The summed E-state index contributed by atoms with van der Waals surface area (Å²) in [5, 5.41) is 11.5. The number of allylic oxidation sites excluding steroid dienone is 1. The van der Waals surface area contributed by atoms with Crippen LogP contribution in [0.25, 0.3) is 0 Å². The number of unbranched alkanes of at least 4 members (excludes halogenated alkanes) is 1. The van der Waals surface area contributed by atoms with Crippen LogP contribution in [-0.4, -0.2) is 71.7 Å². The summed E-state index contributed by atoms with van der Waals surface area (Å²) in [6.07, 6.45) is 5.27. The van der Waals surface area contributed by atoms with Crippen LogP contribution in [0.5, 0.6) is 0 Å². The lowest BCUT2D eigenvalue weighted by molar-refractivity contribution is -0.384. The number of piperidine rings is 1. The van der Waals surface area contributed by atoms with Gasteiger partial charge in [-0.15, -0.1) is 0 Å². The van der Waals surface area contributed by atoms with E-state index >= 15 is 0 Å². The average Bonchev–Trinajstić information content (AvgIpc) is 3.50. The van der Waals surface area contributed by atoms with E-state index in [9.17, 15) is 19.7 Å². The maximum Gasteiger partial charge on any atom is 0.336 e. The van der Waals surface area contributed by atoms with Crippen molar-refractivity contribution in [1.29, 1.82) is 0 Å². The number of aromatic amines is 1. The highest BCUT2D eigenvalue weighted by Gasteiger charge is 2.39. The molecular formula is C30H38N4O7. The molecule has 2 aliphatic rings. The molecule has 3 heterocycles. The highest BCUT2D eigenvalue weighted by molar-refractivity contribution is 5.97. The molecule has 0 amide bonds. The Morgan fingerprint density at radius 1 is 1.20 bits per heavy atom. The van der Waals surface area contributed by atoms with Gasteiger partial charge in [0.1, 0.15) is 6.10 Å². The van der Waals surface area contributed by atoms with Crippen LogP contribution in [0.1, 0.15) is 67.9 Å². The van der Waals surface area contributed by atoms with Gasteiger partial charge >= 0.3 is 5.97 Å². The number of hydrogen-bond acceptors (Lipinski definition) is 9. The van der Waals surface area contributed by atoms with E-state index in [0.29, 0.717) is 35.5 Å². The zero-order valence-corrected chi connectivity index (χ0v) is 23.8. The Morgan fingerprint density at radius 3 is 2.76 bits per heavy atom. The molecule has 0 bridgehead atoms. The zero-order valence-electron chi connectivity index (χ0n) is 23.8. The zero-order chi connectivity index (χ0) is 29.4. The van der Waals surface area contributed by atoms with Gasteiger partial charge in [-0.05, 0) is 70.3 Å². The Balaban J connectivity index is 1.43. The number of benzene rings is 1. The second kappa shape index (κ2) is 14.3. The van der Waals surface area contributed by atoms with Crippen LogP contribution in [0.2, 0.25) is 0 Å². The Hall–Kier alpha value is -3.67. The second-order valence-corrected chi connectivity index (χ2v) is 10.6. The first-order valence-electron chi connectivity index (χ1n) is 14.0. The Bertz CT molecular complexity index is 1290. The van der Waals surface area contributed by atoms with Crippen LogP contribution in [0.4, 0.5) is 5.69 Å². The summed E-state index contributed by atoms with van der Waals surface area (Å²) in [6.45, 7) is 6.08. The minimum absolute atomic E-state index is 0.0584. The predicted molar refractivity (Wildman–Crippen MR) is 153 cm³/mol. The second-order valence-electron chi connectivity index (χ2n) is 10.6. The number of aliphatic imine (C=N–C) groups is 1. The van der Waals surface area contributed by atoms with Crippen molar-refractivity contribution >= 4 is 23.2 Å². The number of nitrogens with zero attached hydrogens (tertiary/aromatic N) is 3. The number of carbonyl (C=O) groups is 2. The molecule has 41 heavy (non-hydrogen) atoms. The summed E-state index contributed by atoms with van der Waals surface area (Å²) in [6, 6.07) is 9.92. The van der Waals surface area contributed by atoms with Crippen LogP contribution in [0.3, 0.4) is 0 Å². The molecule has 0 spiro atoms. The van der Waals surface area contributed by atoms with E-state index in [-0.39, 0.29) is 30.1 Å². The molecule has 11 heteroatoms. The van der Waals surface area contributed by atoms with Gasteiger partial charge in [0.2, 0.25) is 0 Å². The number of likely N-dealkylation sites (tertiary alicyclic amines) is 1. The van der Waals surface area contributed by atoms with Crippen molar-refractivity contribution < 1.29 is 29.0 Å². The van der Waals surface area contributed by atoms with Gasteiger partial charge in [-0.1, -0.05) is 12.1 Å². The summed E-state index contributed by atoms with van der Waals surface area (Å²) < 4.78 is 6.07. The molecule has 1 aromatic heterocycles. The molecule has 3 atom stereocenters. The number of H-pyrrole nitrogens is 1. The van der Waals surface area contributed by atoms with Gasteiger partial charge in [-0.3, -0.25) is 24.8 Å². The summed E-state index contributed by atoms with van der Waals surface area (Å²) in [5.41, 5.74) is 2.84. The van der Waals surface area contributed by atoms with E-state index in [0.717, 1.165) is 44.5 Å². The van der Waals surface area contributed by atoms with E-state index < -0.39 is 16.8 Å². The number of esters is 1. The number of nitro benzene ring substituents is 1. The van der Waals surface area contributed by atoms with Crippen molar-refractivity contribution in [2.24, 2.45) is 10.9 Å². The van der Waals surface area contributed by atoms with Crippen molar-refractivity contribution in [3.8, 4) is 0 Å². The number of ketones is 1. The fraction of sp³-hybridized carbons (Fsp3) is 0.500. The number of hydrogen-bond donors (Lipinski definition) is 1. The normalized spacial score (nSPS) is 21.4. The fourth-order valence-electron chi connectivity index (χ4n) is 5.73. The molecule has 220 valence electrons. The molecule has 2 aromatic rings. The maximum absolute atomic E-state index is 13.7. The number of carbonyl (C=O) groups excluding carboxylic acids is 2. The van der Waals surface area contributed by atoms with Crippen molar-refractivity contribution in [2.45, 2.75) is 58.0 Å². The van der Waals surface area contributed by atoms with Gasteiger partial charge in [-0.2, -0.15) is 0 Å². The van der Waals surface area contributed by atoms with Gasteiger partial charge < -0.3 is 9.72 Å². The molecule has 1 fully saturated rings. The SMILES string of the molecule is COOCC1C(C)=NC(C)=C(C(=O)OC2CCCN(CCCCC(=O)c3ccc[nH]3)C2)[C@H]1c1cccc([N+](=O)[O-])c1. The summed E-state index contributed by atoms with van der Waals surface area (Å²) >= 11 is 0. The van der Waals surface area contributed by atoms with Crippen molar-refractivity contribution in [1.82, 2.24) is 9.88 Å². The third kappa shape index (κ3) is 7.75. The topological polar surface area (TPSA) is 136 Å². The first-order valence-corrected chi connectivity index (χ1v) is 14.0. The molecule has 2 aliphatic heterocycles. The number of non-ortho nitro benzene ring substituents is 1. The Morgan fingerprint density at radius 2 is 2.02 bits per heavy atom. The van der Waals surface area contributed by atoms with Crippen LogP contribution in [0.15, 0.2) is 58.9 Å². The minimum Gasteiger partial charge on any atom is -0.458 e. The van der Waals surface area contributed by atoms with Gasteiger partial charge in [-0.25, -0.2) is 14.6 Å². The summed E-state index contributed by atoms with van der Waals surface area (Å²) in [4.78, 5) is 57.0. The van der Waals surface area contributed by atoms with E-state index in [4.69, 9.17) is 14.5 Å². The van der Waals surface area contributed by atoms with Crippen LogP contribution in [-0.2, 0) is 19.3 Å². The molecule has 1 aromatic carbocycles. The minimum atomic E-state index is -0.549. The molecule has 11 nitrogen and oxygen atoms in total. The molecule has 1 saturated heterocycles. The summed E-state index contributed by atoms with van der Waals surface area (Å²) in [5.74, 6) is -1.28. The van der Waals surface area contributed by atoms with Crippen LogP contribution in [0, 0.1) is 16.0 Å². The number of rotatable bonds is 13. The number of Topliss-reactive ketones (excluding diaryl/α,β-unsaturated/α-hetero) is 1. The van der Waals surface area contributed by atoms with Gasteiger partial charge in [0.15, 0.2) is 5.78 Å². The smallest absolute Gasteiger partial charge is 0.336 e. The van der Waals surface area contributed by atoms with Crippen LogP contribution < -0.4 is 0 Å². The molecule has 2 unspecified atom stereocenters. The van der Waals surface area contributed by atoms with E-state index in [1.807, 2.05) is 13.0 Å². The Labute approximate surface area is 239 Å². The standard InChI is InChI=1S/C30H38N4O7/c1-20-25(19-40-39-3)29(22-9-6-10-23(17-22)34(37)38)28(21(2)32-20)30(36)41-24-11-8-16-33(18-24)15-5-4-13-27(35)26-12-7-14-31-26/h6-7,9-10,12,14,17,24-25,29,31H,4-5,8,11,13,15-16,18-19H2,1-3H3/t24?,25?,29-/m0/s1. The van der Waals surface area contributed by atoms with Crippen molar-refractivity contribution in [2.75, 3.05) is 33.4 Å². The third-order valence-electron chi connectivity index (χ3n) is 7.77. The van der Waals surface area contributed by atoms with E-state index in [2.05, 4.69) is 14.9 Å². The van der Waals surface area contributed by atoms with Gasteiger partial charge in [0.05, 0.1) is 29.9 Å². The fourth-order valence-corrected chi connectivity index (χ4v) is 5.73. The molecule has 0 aliphatic carbocycles. The number of nitrogens with one attached hydrogen (secondary N) is 1. The van der Waals surface area contributed by atoms with Crippen molar-refractivity contribution in [3.63, 3.8) is 0 Å². The Kier molecular flexibility index (Phi) is 10.6. The molecule has 1 N–H and O–H groups in total. The predicted octanol–water partition coefficient (Wildman–Crippen LogP) is 5.01. The number of nitro groups is 1. The lowest BCUT2D eigenvalue weighted by atomic mass is 9.76.